The van der Waals surface area contributed by atoms with Crippen LogP contribution in [0.15, 0.2) is 0 Å². The van der Waals surface area contributed by atoms with Gasteiger partial charge in [-0.3, -0.25) is 0 Å². The van der Waals surface area contributed by atoms with Crippen LogP contribution in [-0.2, 0) is 4.74 Å². The summed E-state index contributed by atoms with van der Waals surface area (Å²) in [6.07, 6.45) is 0.952. The van der Waals surface area contributed by atoms with Crippen LogP contribution < -0.4 is 0 Å². The minimum absolute atomic E-state index is 0.226. The molecule has 0 N–H and O–H groups in total. The van der Waals surface area contributed by atoms with Crippen molar-refractivity contribution in [1.29, 1.82) is 0 Å². The Kier molecular flexibility index (Phi) is 4.07. The van der Waals surface area contributed by atoms with E-state index in [1.54, 1.807) is 0 Å². The van der Waals surface area contributed by atoms with Crippen molar-refractivity contribution in [2.75, 3.05) is 7.11 Å². The highest BCUT2D eigenvalue weighted by Crippen LogP contribution is 2.31. The topological polar surface area (TPSA) is 39.2 Å². The molecule has 0 aliphatic heterocycles. The largest absolute Gasteiger partial charge is 0.465 e. The summed E-state index contributed by atoms with van der Waals surface area (Å²) in [5.74, 6) is -0.304. The number of rotatable bonds is 3. The zero-order valence-electron chi connectivity index (χ0n) is 8.33. The van der Waals surface area contributed by atoms with Crippen molar-refractivity contribution in [3.05, 3.63) is 15.6 Å². The van der Waals surface area contributed by atoms with Gasteiger partial charge in [-0.1, -0.05) is 22.9 Å². The molecule has 1 atom stereocenters. The molecule has 78 valence electrons. The van der Waals surface area contributed by atoms with Gasteiger partial charge in [0.1, 0.15) is 9.88 Å². The molecule has 3 nitrogen and oxygen atoms in total. The van der Waals surface area contributed by atoms with Gasteiger partial charge in [-0.15, -0.1) is 11.3 Å². The van der Waals surface area contributed by atoms with Crippen molar-refractivity contribution in [1.82, 2.24) is 4.98 Å². The lowest BCUT2D eigenvalue weighted by Gasteiger charge is -1.99. The van der Waals surface area contributed by atoms with Crippen molar-refractivity contribution >= 4 is 33.2 Å². The highest BCUT2D eigenvalue weighted by molar-refractivity contribution is 9.09. The number of nitrogens with zero attached hydrogens (tertiary/aromatic N) is 1. The van der Waals surface area contributed by atoms with Gasteiger partial charge in [0.25, 0.3) is 0 Å². The van der Waals surface area contributed by atoms with Crippen LogP contribution in [0.5, 0.6) is 0 Å². The zero-order chi connectivity index (χ0) is 10.7. The summed E-state index contributed by atoms with van der Waals surface area (Å²) < 4.78 is 4.66. The van der Waals surface area contributed by atoms with Gasteiger partial charge in [0, 0.05) is 0 Å². The Hall–Kier alpha value is -0.420. The van der Waals surface area contributed by atoms with E-state index in [1.165, 1.54) is 18.4 Å². The molecule has 0 radical (unpaired) electrons. The molecule has 1 heterocycles. The average molecular weight is 278 g/mol. The van der Waals surface area contributed by atoms with Gasteiger partial charge in [0.2, 0.25) is 0 Å². The minimum Gasteiger partial charge on any atom is -0.465 e. The van der Waals surface area contributed by atoms with E-state index >= 15 is 0 Å². The molecule has 0 aliphatic carbocycles. The smallest absolute Gasteiger partial charge is 0.349 e. The van der Waals surface area contributed by atoms with E-state index in [-0.39, 0.29) is 10.8 Å². The van der Waals surface area contributed by atoms with Crippen molar-refractivity contribution in [3.63, 3.8) is 0 Å². The number of hydrogen-bond donors (Lipinski definition) is 0. The standard InChI is InChI=1S/C9H12BrNO2S/c1-4-6(10)8-11-5(2)7(14-8)9(12)13-3/h6H,4H2,1-3H3. The molecule has 1 aromatic rings. The van der Waals surface area contributed by atoms with Crippen LogP contribution in [0.4, 0.5) is 0 Å². The molecular formula is C9H12BrNO2S. The first-order valence-electron chi connectivity index (χ1n) is 4.29. The van der Waals surface area contributed by atoms with Gasteiger partial charge in [-0.05, 0) is 13.3 Å². The Bertz CT molecular complexity index is 338. The van der Waals surface area contributed by atoms with Crippen LogP contribution in [0.1, 0.15) is 38.5 Å². The van der Waals surface area contributed by atoms with Crippen LogP contribution >= 0.6 is 27.3 Å². The maximum atomic E-state index is 11.3. The molecule has 0 saturated carbocycles. The highest BCUT2D eigenvalue weighted by atomic mass is 79.9. The lowest BCUT2D eigenvalue weighted by atomic mass is 10.3. The van der Waals surface area contributed by atoms with Gasteiger partial charge in [0.15, 0.2) is 0 Å². The first kappa shape index (κ1) is 11.7. The number of ether oxygens (including phenoxy) is 1. The average Bonchev–Trinajstić information content (AvgIpc) is 2.58. The van der Waals surface area contributed by atoms with E-state index in [9.17, 15) is 4.79 Å². The molecule has 0 amide bonds. The Morgan fingerprint density at radius 2 is 2.36 bits per heavy atom. The number of alkyl halides is 1. The Morgan fingerprint density at radius 3 is 2.86 bits per heavy atom. The summed E-state index contributed by atoms with van der Waals surface area (Å²) >= 11 is 4.89. The van der Waals surface area contributed by atoms with Crippen molar-refractivity contribution in [2.45, 2.75) is 25.1 Å². The Labute approximate surface area is 95.6 Å². The third-order valence-corrected chi connectivity index (χ3v) is 4.45. The molecule has 0 spiro atoms. The second-order valence-electron chi connectivity index (χ2n) is 2.83. The van der Waals surface area contributed by atoms with Gasteiger partial charge in [0.05, 0.1) is 17.6 Å². The first-order chi connectivity index (χ1) is 6.60. The summed E-state index contributed by atoms with van der Waals surface area (Å²) in [6, 6.07) is 0. The predicted molar refractivity (Wildman–Crippen MR) is 60.1 cm³/mol. The second kappa shape index (κ2) is 4.89. The molecule has 1 unspecified atom stereocenters. The van der Waals surface area contributed by atoms with E-state index in [1.807, 2.05) is 6.92 Å². The fourth-order valence-electron chi connectivity index (χ4n) is 1.01. The number of carbonyl (C=O) groups excluding carboxylic acids is 1. The molecular weight excluding hydrogens is 266 g/mol. The zero-order valence-corrected chi connectivity index (χ0v) is 10.7. The highest BCUT2D eigenvalue weighted by Gasteiger charge is 2.18. The number of hydrogen-bond acceptors (Lipinski definition) is 4. The Balaban J connectivity index is 2.98. The quantitative estimate of drug-likeness (QED) is 0.630. The number of methoxy groups -OCH3 is 1. The van der Waals surface area contributed by atoms with E-state index in [4.69, 9.17) is 0 Å². The number of halogens is 1. The minimum atomic E-state index is -0.304. The second-order valence-corrected chi connectivity index (χ2v) is 4.97. The lowest BCUT2D eigenvalue weighted by molar-refractivity contribution is 0.0605. The summed E-state index contributed by atoms with van der Waals surface area (Å²) in [4.78, 5) is 16.4. The van der Waals surface area contributed by atoms with Gasteiger partial charge in [-0.2, -0.15) is 0 Å². The summed E-state index contributed by atoms with van der Waals surface area (Å²) in [5.41, 5.74) is 0.745. The number of esters is 1. The molecule has 14 heavy (non-hydrogen) atoms. The van der Waals surface area contributed by atoms with Crippen molar-refractivity contribution in [2.24, 2.45) is 0 Å². The molecule has 0 saturated heterocycles. The summed E-state index contributed by atoms with van der Waals surface area (Å²) in [7, 11) is 1.38. The lowest BCUT2D eigenvalue weighted by Crippen LogP contribution is -1.99. The number of aryl methyl sites for hydroxylation is 1. The van der Waals surface area contributed by atoms with Crippen molar-refractivity contribution in [3.8, 4) is 0 Å². The fourth-order valence-corrected chi connectivity index (χ4v) is 2.44. The molecule has 0 fully saturated rings. The predicted octanol–water partition coefficient (Wildman–Crippen LogP) is 3.08. The third-order valence-electron chi connectivity index (χ3n) is 1.81. The van der Waals surface area contributed by atoms with Gasteiger partial charge >= 0.3 is 5.97 Å². The van der Waals surface area contributed by atoms with E-state index in [0.29, 0.717) is 4.88 Å². The molecule has 1 rings (SSSR count). The van der Waals surface area contributed by atoms with Crippen LogP contribution in [0.3, 0.4) is 0 Å². The summed E-state index contributed by atoms with van der Waals surface area (Å²) in [5, 5.41) is 0.936. The van der Waals surface area contributed by atoms with Crippen LogP contribution in [0.25, 0.3) is 0 Å². The normalized spacial score (nSPS) is 12.6. The van der Waals surface area contributed by atoms with E-state index in [2.05, 4.69) is 32.6 Å². The molecule has 0 bridgehead atoms. The number of aromatic nitrogens is 1. The molecule has 0 aliphatic rings. The monoisotopic (exact) mass is 277 g/mol. The van der Waals surface area contributed by atoms with Crippen LogP contribution in [0, 0.1) is 6.92 Å². The van der Waals surface area contributed by atoms with Crippen molar-refractivity contribution < 1.29 is 9.53 Å². The number of carbonyl (C=O) groups is 1. The Morgan fingerprint density at radius 1 is 1.71 bits per heavy atom. The fraction of sp³-hybridized carbons (Fsp3) is 0.556. The molecule has 5 heteroatoms. The SMILES string of the molecule is CCC(Br)c1nc(C)c(C(=O)OC)s1. The number of thiazole rings is 1. The van der Waals surface area contributed by atoms with Crippen LogP contribution in [0.2, 0.25) is 0 Å². The van der Waals surface area contributed by atoms with Crippen LogP contribution in [-0.4, -0.2) is 18.1 Å². The maximum absolute atomic E-state index is 11.3. The van der Waals surface area contributed by atoms with E-state index < -0.39 is 0 Å². The van der Waals surface area contributed by atoms with Gasteiger partial charge in [-0.25, -0.2) is 9.78 Å². The molecule has 1 aromatic heterocycles. The van der Waals surface area contributed by atoms with E-state index in [0.717, 1.165) is 17.1 Å². The maximum Gasteiger partial charge on any atom is 0.349 e. The summed E-state index contributed by atoms with van der Waals surface area (Å²) in [6.45, 7) is 3.88. The molecule has 0 aromatic carbocycles. The first-order valence-corrected chi connectivity index (χ1v) is 6.03. The van der Waals surface area contributed by atoms with Gasteiger partial charge < -0.3 is 4.74 Å². The third kappa shape index (κ3) is 2.33.